The highest BCUT2D eigenvalue weighted by Crippen LogP contribution is 2.61. The molecule has 1 aromatic carbocycles. The Kier molecular flexibility index (Phi) is 2.79. The van der Waals surface area contributed by atoms with Gasteiger partial charge in [0.15, 0.2) is 11.7 Å². The van der Waals surface area contributed by atoms with Gasteiger partial charge in [0, 0.05) is 0 Å². The van der Waals surface area contributed by atoms with Crippen LogP contribution in [0.15, 0.2) is 24.3 Å². The Morgan fingerprint density at radius 1 is 0.913 bits per heavy atom. The van der Waals surface area contributed by atoms with Gasteiger partial charge in [-0.05, 0) is 11.1 Å². The zero-order chi connectivity index (χ0) is 17.2. The van der Waals surface area contributed by atoms with Gasteiger partial charge in [-0.3, -0.25) is 19.2 Å². The van der Waals surface area contributed by atoms with Crippen molar-refractivity contribution >= 4 is 23.6 Å². The first-order valence-corrected chi connectivity index (χ1v) is 6.68. The summed E-state index contributed by atoms with van der Waals surface area (Å²) in [5, 5.41) is 0. The van der Waals surface area contributed by atoms with E-state index in [0.717, 1.165) is 0 Å². The van der Waals surface area contributed by atoms with Crippen LogP contribution in [0.3, 0.4) is 0 Å². The molecule has 0 radical (unpaired) electrons. The standard InChI is InChI=1S/C14H14N4O5/c15-9(19)7-8(10(16)20)23-14(12(18)22)6-3-1-2-5(4-6)13(7,14)11(17)21/h1-4,7-8H,(H2,15,19)(H2,16,20)(H2,17,21)(H2,18,22). The highest BCUT2D eigenvalue weighted by molar-refractivity contribution is 6.07. The topological polar surface area (TPSA) is 182 Å². The van der Waals surface area contributed by atoms with Gasteiger partial charge >= 0.3 is 0 Å². The van der Waals surface area contributed by atoms with Gasteiger partial charge < -0.3 is 27.7 Å². The molecule has 1 heterocycles. The summed E-state index contributed by atoms with van der Waals surface area (Å²) in [6.07, 6.45) is -1.61. The molecule has 2 bridgehead atoms. The van der Waals surface area contributed by atoms with Gasteiger partial charge in [0.2, 0.25) is 17.7 Å². The highest BCUT2D eigenvalue weighted by Gasteiger charge is 2.78. The van der Waals surface area contributed by atoms with Crippen LogP contribution in [0.25, 0.3) is 0 Å². The van der Waals surface area contributed by atoms with Crippen molar-refractivity contribution in [2.75, 3.05) is 0 Å². The summed E-state index contributed by atoms with van der Waals surface area (Å²) in [5.41, 5.74) is 18.0. The third-order valence-corrected chi connectivity index (χ3v) is 4.68. The van der Waals surface area contributed by atoms with Crippen LogP contribution in [-0.2, 0) is 34.9 Å². The summed E-state index contributed by atoms with van der Waals surface area (Å²) in [7, 11) is 0. The van der Waals surface area contributed by atoms with E-state index in [2.05, 4.69) is 0 Å². The van der Waals surface area contributed by atoms with Crippen LogP contribution in [0.5, 0.6) is 0 Å². The second-order valence-corrected chi connectivity index (χ2v) is 5.62. The zero-order valence-corrected chi connectivity index (χ0v) is 11.8. The van der Waals surface area contributed by atoms with Gasteiger partial charge in [-0.15, -0.1) is 0 Å². The molecule has 0 saturated carbocycles. The lowest BCUT2D eigenvalue weighted by molar-refractivity contribution is -0.157. The molecule has 0 aromatic heterocycles. The van der Waals surface area contributed by atoms with E-state index < -0.39 is 46.7 Å². The van der Waals surface area contributed by atoms with Gasteiger partial charge in [-0.1, -0.05) is 24.3 Å². The Bertz CT molecular complexity index is 778. The molecule has 4 unspecified atom stereocenters. The van der Waals surface area contributed by atoms with Crippen LogP contribution < -0.4 is 22.9 Å². The number of fused-ring (bicyclic) bond motifs is 5. The van der Waals surface area contributed by atoms with E-state index >= 15 is 0 Å². The van der Waals surface area contributed by atoms with Crippen molar-refractivity contribution < 1.29 is 23.9 Å². The van der Waals surface area contributed by atoms with Gasteiger partial charge in [-0.25, -0.2) is 0 Å². The molecule has 1 aromatic rings. The van der Waals surface area contributed by atoms with Crippen LogP contribution >= 0.6 is 0 Å². The SMILES string of the molecule is NC(=O)C1OC2(C(N)=O)c3cccc(c3)C2(C(N)=O)C1C(N)=O. The molecular weight excluding hydrogens is 304 g/mol. The summed E-state index contributed by atoms with van der Waals surface area (Å²) in [6.45, 7) is 0. The third kappa shape index (κ3) is 1.39. The summed E-state index contributed by atoms with van der Waals surface area (Å²) in [5.74, 6) is -5.76. The minimum Gasteiger partial charge on any atom is -0.369 e. The Morgan fingerprint density at radius 3 is 2.00 bits per heavy atom. The number of benzene rings is 1. The van der Waals surface area contributed by atoms with E-state index in [1.807, 2.05) is 0 Å². The molecule has 1 saturated heterocycles. The van der Waals surface area contributed by atoms with Crippen molar-refractivity contribution in [3.05, 3.63) is 35.4 Å². The van der Waals surface area contributed by atoms with Crippen LogP contribution in [0.1, 0.15) is 11.1 Å². The first-order chi connectivity index (χ1) is 10.7. The lowest BCUT2D eigenvalue weighted by atomic mass is 9.62. The molecule has 4 atom stereocenters. The van der Waals surface area contributed by atoms with Gasteiger partial charge in [0.1, 0.15) is 5.41 Å². The van der Waals surface area contributed by atoms with E-state index in [4.69, 9.17) is 27.7 Å². The fourth-order valence-electron chi connectivity index (χ4n) is 3.91. The van der Waals surface area contributed by atoms with Crippen molar-refractivity contribution in [1.82, 2.24) is 0 Å². The number of carbonyl (C=O) groups is 4. The Hall–Kier alpha value is -2.94. The number of amides is 4. The van der Waals surface area contributed by atoms with Crippen LogP contribution in [0.2, 0.25) is 0 Å². The minimum atomic E-state index is -2.10. The van der Waals surface area contributed by atoms with Crippen LogP contribution in [-0.4, -0.2) is 29.7 Å². The number of hydrogen-bond acceptors (Lipinski definition) is 5. The number of primary amides is 4. The monoisotopic (exact) mass is 318 g/mol. The fraction of sp³-hybridized carbons (Fsp3) is 0.286. The van der Waals surface area contributed by atoms with Crippen molar-refractivity contribution in [1.29, 1.82) is 0 Å². The summed E-state index contributed by atoms with van der Waals surface area (Å²) in [6, 6.07) is 6.00. The van der Waals surface area contributed by atoms with Crippen LogP contribution in [0, 0.1) is 5.92 Å². The number of nitrogens with two attached hydrogens (primary N) is 4. The van der Waals surface area contributed by atoms with E-state index in [9.17, 15) is 19.2 Å². The summed E-state index contributed by atoms with van der Waals surface area (Å²) < 4.78 is 5.54. The molecule has 1 fully saturated rings. The Morgan fingerprint density at radius 2 is 1.52 bits per heavy atom. The molecule has 1 aliphatic carbocycles. The summed E-state index contributed by atoms with van der Waals surface area (Å²) in [4.78, 5) is 48.4. The first-order valence-electron chi connectivity index (χ1n) is 6.68. The van der Waals surface area contributed by atoms with Gasteiger partial charge in [0.25, 0.3) is 5.91 Å². The molecule has 2 aliphatic rings. The second kappa shape index (κ2) is 4.29. The molecular formula is C14H14N4O5. The van der Waals surface area contributed by atoms with E-state index in [-0.39, 0.29) is 11.1 Å². The van der Waals surface area contributed by atoms with Crippen molar-refractivity contribution in [3.63, 3.8) is 0 Å². The van der Waals surface area contributed by atoms with Crippen molar-refractivity contribution in [2.24, 2.45) is 28.9 Å². The van der Waals surface area contributed by atoms with Crippen molar-refractivity contribution in [3.8, 4) is 0 Å². The molecule has 9 heteroatoms. The molecule has 1 aliphatic heterocycles. The largest absolute Gasteiger partial charge is 0.369 e. The van der Waals surface area contributed by atoms with Gasteiger partial charge in [-0.2, -0.15) is 0 Å². The second-order valence-electron chi connectivity index (χ2n) is 5.62. The summed E-state index contributed by atoms with van der Waals surface area (Å²) >= 11 is 0. The zero-order valence-electron chi connectivity index (χ0n) is 11.8. The van der Waals surface area contributed by atoms with Crippen LogP contribution in [0.4, 0.5) is 0 Å². The predicted molar refractivity (Wildman–Crippen MR) is 74.9 cm³/mol. The first kappa shape index (κ1) is 15.0. The van der Waals surface area contributed by atoms with Crippen molar-refractivity contribution in [2.45, 2.75) is 17.1 Å². The smallest absolute Gasteiger partial charge is 0.255 e. The quantitative estimate of drug-likeness (QED) is 0.463. The number of hydrogen-bond donors (Lipinski definition) is 4. The third-order valence-electron chi connectivity index (χ3n) is 4.68. The predicted octanol–water partition coefficient (Wildman–Crippen LogP) is -2.91. The Balaban J connectivity index is 2.43. The maximum atomic E-state index is 12.4. The molecule has 8 N–H and O–H groups in total. The molecule has 23 heavy (non-hydrogen) atoms. The minimum absolute atomic E-state index is 0.219. The maximum Gasteiger partial charge on any atom is 0.255 e. The van der Waals surface area contributed by atoms with E-state index in [1.54, 1.807) is 6.07 Å². The molecule has 120 valence electrons. The molecule has 0 spiro atoms. The average molecular weight is 318 g/mol. The lowest BCUT2D eigenvalue weighted by Crippen LogP contribution is -2.62. The lowest BCUT2D eigenvalue weighted by Gasteiger charge is -2.37. The van der Waals surface area contributed by atoms with E-state index in [1.165, 1.54) is 18.2 Å². The molecule has 4 amide bonds. The fourth-order valence-corrected chi connectivity index (χ4v) is 3.91. The number of carbonyl (C=O) groups excluding carboxylic acids is 4. The number of rotatable bonds is 4. The average Bonchev–Trinajstić information content (AvgIpc) is 2.89. The number of ether oxygens (including phenoxy) is 1. The maximum absolute atomic E-state index is 12.4. The Labute approximate surface area is 129 Å². The van der Waals surface area contributed by atoms with E-state index in [0.29, 0.717) is 0 Å². The molecule has 9 nitrogen and oxygen atoms in total. The van der Waals surface area contributed by atoms with Gasteiger partial charge in [0.05, 0.1) is 5.92 Å². The molecule has 3 rings (SSSR count). The normalized spacial score (nSPS) is 33.9. The highest BCUT2D eigenvalue weighted by atomic mass is 16.5.